The van der Waals surface area contributed by atoms with Crippen LogP contribution in [0.5, 0.6) is 0 Å². The number of hydrazine groups is 1. The van der Waals surface area contributed by atoms with E-state index in [2.05, 4.69) is 17.1 Å². The predicted octanol–water partition coefficient (Wildman–Crippen LogP) is 1.89. The molecule has 1 aromatic rings. The number of pyridine rings is 1. The summed E-state index contributed by atoms with van der Waals surface area (Å²) in [6.07, 6.45) is 1.91. The molecule has 5 heteroatoms. The number of thiocarbonyl (C=S) groups is 1. The van der Waals surface area contributed by atoms with E-state index in [0.717, 1.165) is 11.5 Å². The molecule has 0 fully saturated rings. The average molecular weight is 226 g/mol. The lowest BCUT2D eigenvalue weighted by Gasteiger charge is -2.03. The van der Waals surface area contributed by atoms with Crippen molar-refractivity contribution in [3.8, 4) is 0 Å². The number of thioether (sulfide) groups is 1. The second-order valence-corrected chi connectivity index (χ2v) is 4.15. The topological polar surface area (TPSA) is 27.9 Å². The maximum absolute atomic E-state index is 5.01. The minimum absolute atomic E-state index is 0.670. The first-order chi connectivity index (χ1) is 6.63. The molecule has 0 saturated carbocycles. The molecule has 74 valence electrons. The van der Waals surface area contributed by atoms with Crippen molar-refractivity contribution in [3.05, 3.63) is 23.9 Å². The van der Waals surface area contributed by atoms with Crippen molar-refractivity contribution in [1.29, 1.82) is 0 Å². The van der Waals surface area contributed by atoms with Crippen LogP contribution in [-0.4, -0.2) is 27.0 Å². The van der Waals surface area contributed by atoms with Crippen LogP contribution in [0.3, 0.4) is 0 Å². The Bertz CT molecular complexity index is 363. The first-order valence-electron chi connectivity index (χ1n) is 4.02. The van der Waals surface area contributed by atoms with Crippen molar-refractivity contribution < 1.29 is 4.68 Å². The number of hydrogen-bond acceptors (Lipinski definition) is 3. The van der Waals surface area contributed by atoms with Crippen LogP contribution in [0.4, 0.5) is 5.82 Å². The summed E-state index contributed by atoms with van der Waals surface area (Å²) in [5.74, 6) is 0.751. The minimum atomic E-state index is 0.670. The summed E-state index contributed by atoms with van der Waals surface area (Å²) in [5.41, 5.74) is 3.88. The number of rotatable bonds is 2. The summed E-state index contributed by atoms with van der Waals surface area (Å²) >= 11 is 6.47. The Kier molecular flexibility index (Phi) is 4.03. The van der Waals surface area contributed by atoms with Crippen molar-refractivity contribution in [3.63, 3.8) is 0 Å². The lowest BCUT2D eigenvalue weighted by Crippen LogP contribution is -2.27. The molecule has 0 unspecified atom stereocenters. The first kappa shape index (κ1) is 11.1. The van der Waals surface area contributed by atoms with Crippen LogP contribution in [0.25, 0.3) is 0 Å². The van der Waals surface area contributed by atoms with Gasteiger partial charge in [-0.15, -0.1) is 4.68 Å². The highest BCUT2D eigenvalue weighted by atomic mass is 32.2. The molecule has 3 nitrogen and oxygen atoms in total. The fraction of sp³-hybridized carbons (Fsp3) is 0.222. The molecule has 1 aromatic heterocycles. The smallest absolute Gasteiger partial charge is 0.207 e. The third kappa shape index (κ3) is 3.08. The lowest BCUT2D eigenvalue weighted by atomic mass is 10.4. The molecule has 0 aliphatic rings. The number of aromatic nitrogens is 1. The number of nitrogens with zero attached hydrogens (tertiary/aromatic N) is 2. The summed E-state index contributed by atoms with van der Waals surface area (Å²) in [6.45, 7) is 5.73. The van der Waals surface area contributed by atoms with Gasteiger partial charge in [0, 0.05) is 13.0 Å². The monoisotopic (exact) mass is 226 g/mol. The Hall–Kier alpha value is -0.940. The standard InChI is InChI=1S/C9H11N3S2/c1-7-5-4-6-8(10-7)12(2)11-9(13)14-3/h4-6H,2H2,1,3H3/p+1. The Balaban J connectivity index is 2.75. The zero-order valence-corrected chi connectivity index (χ0v) is 9.78. The molecule has 0 aliphatic carbocycles. The van der Waals surface area contributed by atoms with E-state index in [4.69, 9.17) is 12.2 Å². The number of hydrogen-bond donors (Lipinski definition) is 1. The molecule has 0 amide bonds. The van der Waals surface area contributed by atoms with Gasteiger partial charge >= 0.3 is 5.82 Å². The van der Waals surface area contributed by atoms with Crippen molar-refractivity contribution in [2.75, 3.05) is 6.26 Å². The van der Waals surface area contributed by atoms with E-state index in [1.165, 1.54) is 11.8 Å². The molecule has 1 rings (SSSR count). The molecule has 0 saturated heterocycles. The molecule has 0 spiro atoms. The van der Waals surface area contributed by atoms with Crippen molar-refractivity contribution in [2.24, 2.45) is 0 Å². The third-order valence-corrected chi connectivity index (χ3v) is 2.62. The van der Waals surface area contributed by atoms with Gasteiger partial charge in [0.1, 0.15) is 5.69 Å². The van der Waals surface area contributed by atoms with Crippen LogP contribution in [0, 0.1) is 6.92 Å². The van der Waals surface area contributed by atoms with E-state index < -0.39 is 0 Å². The van der Waals surface area contributed by atoms with Crippen LogP contribution in [0.2, 0.25) is 0 Å². The van der Waals surface area contributed by atoms with Gasteiger partial charge in [-0.25, -0.2) is 5.43 Å². The van der Waals surface area contributed by atoms with Crippen LogP contribution in [0.15, 0.2) is 18.2 Å². The van der Waals surface area contributed by atoms with E-state index in [-0.39, 0.29) is 0 Å². The largest absolute Gasteiger partial charge is 0.345 e. The number of aryl methyl sites for hydroxylation is 1. The van der Waals surface area contributed by atoms with Crippen molar-refractivity contribution >= 4 is 40.8 Å². The fourth-order valence-electron chi connectivity index (χ4n) is 0.892. The fourth-order valence-corrected chi connectivity index (χ4v) is 1.20. The van der Waals surface area contributed by atoms with E-state index >= 15 is 0 Å². The Labute approximate surface area is 93.2 Å². The molecular formula is C9H12N3S2+. The van der Waals surface area contributed by atoms with Crippen molar-refractivity contribution in [1.82, 2.24) is 10.4 Å². The summed E-state index contributed by atoms with van der Waals surface area (Å²) in [6, 6.07) is 5.74. The van der Waals surface area contributed by atoms with Crippen LogP contribution in [0.1, 0.15) is 5.69 Å². The van der Waals surface area contributed by atoms with Gasteiger partial charge < -0.3 is 0 Å². The number of nitrogens with one attached hydrogen (secondary N) is 1. The quantitative estimate of drug-likeness (QED) is 0.361. The third-order valence-electron chi connectivity index (χ3n) is 1.56. The SMILES string of the molecule is C=[N+](NC(=S)SC)c1cccc(C)n1. The lowest BCUT2D eigenvalue weighted by molar-refractivity contribution is -0.480. The summed E-state index contributed by atoms with van der Waals surface area (Å²) in [7, 11) is 0. The predicted molar refractivity (Wildman–Crippen MR) is 65.3 cm³/mol. The zero-order chi connectivity index (χ0) is 10.6. The molecule has 0 aromatic carbocycles. The molecule has 0 radical (unpaired) electrons. The van der Waals surface area contributed by atoms with Gasteiger partial charge in [-0.3, -0.25) is 0 Å². The second-order valence-electron chi connectivity index (χ2n) is 2.67. The highest BCUT2D eigenvalue weighted by molar-refractivity contribution is 8.22. The van der Waals surface area contributed by atoms with Gasteiger partial charge in [-0.05, 0) is 35.6 Å². The molecule has 1 heterocycles. The van der Waals surface area contributed by atoms with Crippen LogP contribution >= 0.6 is 24.0 Å². The molecule has 1 N–H and O–H groups in total. The van der Waals surface area contributed by atoms with Gasteiger partial charge in [0.25, 0.3) is 0 Å². The average Bonchev–Trinajstić information content (AvgIpc) is 2.17. The Morgan fingerprint density at radius 2 is 2.36 bits per heavy atom. The zero-order valence-electron chi connectivity index (χ0n) is 8.15. The molecule has 14 heavy (non-hydrogen) atoms. The van der Waals surface area contributed by atoms with E-state index in [1.807, 2.05) is 31.4 Å². The summed E-state index contributed by atoms with van der Waals surface area (Å²) in [4.78, 5) is 4.29. The van der Waals surface area contributed by atoms with Gasteiger partial charge in [0.2, 0.25) is 0 Å². The molecule has 0 aliphatic heterocycles. The minimum Gasteiger partial charge on any atom is -0.207 e. The van der Waals surface area contributed by atoms with Crippen LogP contribution < -0.4 is 5.43 Å². The highest BCUT2D eigenvalue weighted by Crippen LogP contribution is 2.06. The highest BCUT2D eigenvalue weighted by Gasteiger charge is 2.08. The maximum atomic E-state index is 5.01. The maximum Gasteiger partial charge on any atom is 0.345 e. The molecular weight excluding hydrogens is 214 g/mol. The summed E-state index contributed by atoms with van der Waals surface area (Å²) < 4.78 is 2.23. The van der Waals surface area contributed by atoms with Gasteiger partial charge in [-0.2, -0.15) is 0 Å². The van der Waals surface area contributed by atoms with E-state index in [0.29, 0.717) is 4.32 Å². The van der Waals surface area contributed by atoms with Gasteiger partial charge in [0.05, 0.1) is 6.72 Å². The first-order valence-corrected chi connectivity index (χ1v) is 5.65. The normalized spacial score (nSPS) is 9.57. The van der Waals surface area contributed by atoms with Gasteiger partial charge in [0.15, 0.2) is 4.32 Å². The van der Waals surface area contributed by atoms with Crippen molar-refractivity contribution in [2.45, 2.75) is 6.92 Å². The molecule has 0 bridgehead atoms. The van der Waals surface area contributed by atoms with E-state index in [1.54, 1.807) is 4.68 Å². The Morgan fingerprint density at radius 1 is 1.64 bits per heavy atom. The van der Waals surface area contributed by atoms with E-state index in [9.17, 15) is 0 Å². The van der Waals surface area contributed by atoms with Gasteiger partial charge in [-0.1, -0.05) is 11.8 Å². The second kappa shape index (κ2) is 5.07. The Morgan fingerprint density at radius 3 is 2.93 bits per heavy atom. The molecule has 0 atom stereocenters. The summed E-state index contributed by atoms with van der Waals surface area (Å²) in [5, 5.41) is 0. The van der Waals surface area contributed by atoms with Crippen LogP contribution in [-0.2, 0) is 0 Å². The number of hydrazone groups is 1.